The van der Waals surface area contributed by atoms with Crippen LogP contribution < -0.4 is 0 Å². The molecule has 0 heterocycles. The molecule has 1 N–H and O–H groups in total. The minimum Gasteiger partial charge on any atom is -0.389 e. The zero-order chi connectivity index (χ0) is 10.3. The summed E-state index contributed by atoms with van der Waals surface area (Å²) in [6.45, 7) is 6.99. The summed E-state index contributed by atoms with van der Waals surface area (Å²) in [5.41, 5.74) is 1.99. The first-order valence-electron chi connectivity index (χ1n) is 5.93. The van der Waals surface area contributed by atoms with Crippen molar-refractivity contribution in [1.29, 1.82) is 0 Å². The van der Waals surface area contributed by atoms with Crippen molar-refractivity contribution in [3.8, 4) is 0 Å². The van der Waals surface area contributed by atoms with Gasteiger partial charge in [0.25, 0.3) is 0 Å². The summed E-state index contributed by atoms with van der Waals surface area (Å²) in [7, 11) is 0. The van der Waals surface area contributed by atoms with Crippen LogP contribution in [0.3, 0.4) is 0 Å². The number of aliphatic hydroxyl groups is 1. The molecule has 0 spiro atoms. The highest BCUT2D eigenvalue weighted by atomic mass is 16.3. The Morgan fingerprint density at radius 1 is 1.36 bits per heavy atom. The van der Waals surface area contributed by atoms with E-state index in [1.165, 1.54) is 19.3 Å². The Labute approximate surface area is 87.2 Å². The van der Waals surface area contributed by atoms with E-state index in [9.17, 15) is 5.11 Å². The van der Waals surface area contributed by atoms with Crippen LogP contribution in [-0.4, -0.2) is 11.2 Å². The second-order valence-electron chi connectivity index (χ2n) is 5.68. The van der Waals surface area contributed by atoms with E-state index < -0.39 is 0 Å². The molecule has 0 aromatic rings. The van der Waals surface area contributed by atoms with Crippen molar-refractivity contribution in [3.63, 3.8) is 0 Å². The summed E-state index contributed by atoms with van der Waals surface area (Å²) in [5.74, 6) is 1.46. The second kappa shape index (κ2) is 3.37. The molecule has 0 aromatic heterocycles. The van der Waals surface area contributed by atoms with Gasteiger partial charge >= 0.3 is 0 Å². The van der Waals surface area contributed by atoms with Gasteiger partial charge in [-0.25, -0.2) is 0 Å². The maximum absolute atomic E-state index is 9.69. The predicted octanol–water partition coefficient (Wildman–Crippen LogP) is 3.14. The molecule has 1 nitrogen and oxygen atoms in total. The molecular weight excluding hydrogens is 172 g/mol. The van der Waals surface area contributed by atoms with Crippen LogP contribution in [0.1, 0.15) is 46.5 Å². The zero-order valence-electron chi connectivity index (χ0n) is 9.59. The number of allylic oxidation sites excluding steroid dienone is 1. The molecule has 2 aliphatic carbocycles. The molecule has 3 atom stereocenters. The maximum atomic E-state index is 9.69. The van der Waals surface area contributed by atoms with E-state index in [1.807, 2.05) is 0 Å². The largest absolute Gasteiger partial charge is 0.389 e. The Balaban J connectivity index is 2.29. The van der Waals surface area contributed by atoms with Crippen molar-refractivity contribution >= 4 is 0 Å². The van der Waals surface area contributed by atoms with E-state index in [-0.39, 0.29) is 6.10 Å². The SMILES string of the molecule is CC(C)C1CCC2(C)CCC(O)C=C12. The van der Waals surface area contributed by atoms with Gasteiger partial charge in [0.05, 0.1) is 6.10 Å². The summed E-state index contributed by atoms with van der Waals surface area (Å²) >= 11 is 0. The molecule has 14 heavy (non-hydrogen) atoms. The van der Waals surface area contributed by atoms with Crippen LogP contribution in [0.5, 0.6) is 0 Å². The first kappa shape index (κ1) is 10.2. The van der Waals surface area contributed by atoms with Gasteiger partial charge < -0.3 is 5.11 Å². The first-order valence-corrected chi connectivity index (χ1v) is 5.93. The van der Waals surface area contributed by atoms with Gasteiger partial charge in [0.15, 0.2) is 0 Å². The molecule has 0 saturated heterocycles. The quantitative estimate of drug-likeness (QED) is 0.636. The fraction of sp³-hybridized carbons (Fsp3) is 0.846. The van der Waals surface area contributed by atoms with Gasteiger partial charge in [-0.3, -0.25) is 0 Å². The summed E-state index contributed by atoms with van der Waals surface area (Å²) in [4.78, 5) is 0. The number of rotatable bonds is 1. The Hall–Kier alpha value is -0.300. The number of hydrogen-bond donors (Lipinski definition) is 1. The van der Waals surface area contributed by atoms with Crippen molar-refractivity contribution in [2.45, 2.75) is 52.6 Å². The topological polar surface area (TPSA) is 20.2 Å². The van der Waals surface area contributed by atoms with Crippen LogP contribution in [0, 0.1) is 17.3 Å². The molecule has 3 unspecified atom stereocenters. The average Bonchev–Trinajstić information content (AvgIpc) is 2.43. The Morgan fingerprint density at radius 2 is 2.00 bits per heavy atom. The fourth-order valence-electron chi connectivity index (χ4n) is 3.27. The van der Waals surface area contributed by atoms with E-state index in [0.29, 0.717) is 5.41 Å². The van der Waals surface area contributed by atoms with E-state index >= 15 is 0 Å². The highest BCUT2D eigenvalue weighted by Crippen LogP contribution is 2.53. The fourth-order valence-corrected chi connectivity index (χ4v) is 3.27. The van der Waals surface area contributed by atoms with Crippen LogP contribution in [0.2, 0.25) is 0 Å². The van der Waals surface area contributed by atoms with Gasteiger partial charge in [0.2, 0.25) is 0 Å². The van der Waals surface area contributed by atoms with Crippen LogP contribution >= 0.6 is 0 Å². The van der Waals surface area contributed by atoms with E-state index in [1.54, 1.807) is 5.57 Å². The number of fused-ring (bicyclic) bond motifs is 1. The summed E-state index contributed by atoms with van der Waals surface area (Å²) in [6, 6.07) is 0. The van der Waals surface area contributed by atoms with Gasteiger partial charge in [-0.2, -0.15) is 0 Å². The van der Waals surface area contributed by atoms with Gasteiger partial charge in [-0.15, -0.1) is 0 Å². The lowest BCUT2D eigenvalue weighted by atomic mass is 9.72. The molecule has 1 heteroatoms. The average molecular weight is 194 g/mol. The molecule has 0 bridgehead atoms. The third-order valence-electron chi connectivity index (χ3n) is 4.27. The number of aliphatic hydroxyl groups excluding tert-OH is 1. The Kier molecular flexibility index (Phi) is 2.46. The predicted molar refractivity (Wildman–Crippen MR) is 59.0 cm³/mol. The highest BCUT2D eigenvalue weighted by molar-refractivity contribution is 5.26. The molecule has 1 fully saturated rings. The summed E-state index contributed by atoms with van der Waals surface area (Å²) in [6.07, 6.45) is 6.79. The van der Waals surface area contributed by atoms with E-state index in [0.717, 1.165) is 18.3 Å². The molecule has 1 saturated carbocycles. The summed E-state index contributed by atoms with van der Waals surface area (Å²) < 4.78 is 0. The van der Waals surface area contributed by atoms with Crippen molar-refractivity contribution in [2.75, 3.05) is 0 Å². The minimum atomic E-state index is -0.169. The van der Waals surface area contributed by atoms with Crippen LogP contribution in [0.4, 0.5) is 0 Å². The van der Waals surface area contributed by atoms with Gasteiger partial charge in [0, 0.05) is 0 Å². The molecule has 2 aliphatic rings. The minimum absolute atomic E-state index is 0.169. The smallest absolute Gasteiger partial charge is 0.0724 e. The molecule has 0 aliphatic heterocycles. The molecule has 80 valence electrons. The summed E-state index contributed by atoms with van der Waals surface area (Å²) in [5, 5.41) is 9.69. The van der Waals surface area contributed by atoms with Gasteiger partial charge in [-0.05, 0) is 42.9 Å². The van der Waals surface area contributed by atoms with E-state index in [2.05, 4.69) is 26.8 Å². The highest BCUT2D eigenvalue weighted by Gasteiger charge is 2.43. The normalized spacial score (nSPS) is 42.5. The Bertz CT molecular complexity index is 254. The lowest BCUT2D eigenvalue weighted by Gasteiger charge is -2.34. The van der Waals surface area contributed by atoms with Crippen molar-refractivity contribution in [2.24, 2.45) is 17.3 Å². The maximum Gasteiger partial charge on any atom is 0.0724 e. The van der Waals surface area contributed by atoms with Crippen molar-refractivity contribution in [1.82, 2.24) is 0 Å². The first-order chi connectivity index (χ1) is 6.53. The molecule has 0 amide bonds. The van der Waals surface area contributed by atoms with Crippen LogP contribution in [0.15, 0.2) is 11.6 Å². The van der Waals surface area contributed by atoms with Crippen molar-refractivity contribution in [3.05, 3.63) is 11.6 Å². The lowest BCUT2D eigenvalue weighted by Crippen LogP contribution is -2.26. The third-order valence-corrected chi connectivity index (χ3v) is 4.27. The standard InChI is InChI=1S/C13H22O/c1-9(2)11-5-7-13(3)6-4-10(14)8-12(11)13/h8-11,14H,4-7H2,1-3H3. The lowest BCUT2D eigenvalue weighted by molar-refractivity contribution is 0.169. The molecular formula is C13H22O. The monoisotopic (exact) mass is 194 g/mol. The molecule has 2 rings (SSSR count). The van der Waals surface area contributed by atoms with Crippen molar-refractivity contribution < 1.29 is 5.11 Å². The van der Waals surface area contributed by atoms with Crippen LogP contribution in [-0.2, 0) is 0 Å². The second-order valence-corrected chi connectivity index (χ2v) is 5.68. The third kappa shape index (κ3) is 1.52. The Morgan fingerprint density at radius 3 is 2.64 bits per heavy atom. The molecule has 0 aromatic carbocycles. The van der Waals surface area contributed by atoms with E-state index in [4.69, 9.17) is 0 Å². The van der Waals surface area contributed by atoms with Gasteiger partial charge in [0.1, 0.15) is 0 Å². The molecule has 0 radical (unpaired) electrons. The zero-order valence-corrected chi connectivity index (χ0v) is 9.59. The van der Waals surface area contributed by atoms with Crippen LogP contribution in [0.25, 0.3) is 0 Å². The van der Waals surface area contributed by atoms with Gasteiger partial charge in [-0.1, -0.05) is 32.4 Å². The number of hydrogen-bond acceptors (Lipinski definition) is 1.